The van der Waals surface area contributed by atoms with Crippen molar-refractivity contribution in [3.63, 3.8) is 0 Å². The summed E-state index contributed by atoms with van der Waals surface area (Å²) in [7, 11) is 1.35. The Kier molecular flexibility index (Phi) is 6.32. The summed E-state index contributed by atoms with van der Waals surface area (Å²) in [6, 6.07) is 14.9. The van der Waals surface area contributed by atoms with E-state index in [1.54, 1.807) is 12.3 Å². The molecule has 1 heterocycles. The second kappa shape index (κ2) is 9.28. The number of benzene rings is 2. The average Bonchev–Trinajstić information content (AvgIpc) is 3.20. The van der Waals surface area contributed by atoms with Crippen LogP contribution in [-0.4, -0.2) is 30.7 Å². The maximum absolute atomic E-state index is 11.9. The summed E-state index contributed by atoms with van der Waals surface area (Å²) in [4.78, 5) is 26.7. The highest BCUT2D eigenvalue weighted by molar-refractivity contribution is 6.04. The molecule has 0 aliphatic rings. The summed E-state index contributed by atoms with van der Waals surface area (Å²) in [5.74, 6) is 5.59. The molecule has 142 valence electrons. The Labute approximate surface area is 162 Å². The van der Waals surface area contributed by atoms with Crippen molar-refractivity contribution < 1.29 is 19.1 Å². The third kappa shape index (κ3) is 4.92. The van der Waals surface area contributed by atoms with E-state index in [-0.39, 0.29) is 6.61 Å². The monoisotopic (exact) mass is 376 g/mol. The van der Waals surface area contributed by atoms with Crippen LogP contribution in [0.25, 0.3) is 10.9 Å². The quantitative estimate of drug-likeness (QED) is 0.405. The van der Waals surface area contributed by atoms with E-state index < -0.39 is 12.1 Å². The zero-order valence-corrected chi connectivity index (χ0v) is 15.5. The number of nitrogens with one attached hydrogen (secondary N) is 2. The van der Waals surface area contributed by atoms with E-state index in [2.05, 4.69) is 22.1 Å². The minimum atomic E-state index is -0.480. The van der Waals surface area contributed by atoms with Gasteiger partial charge in [-0.05, 0) is 23.8 Å². The highest BCUT2D eigenvalue weighted by Gasteiger charge is 2.12. The molecule has 0 saturated carbocycles. The second-order valence-electron chi connectivity index (χ2n) is 5.99. The van der Waals surface area contributed by atoms with Crippen molar-refractivity contribution in [3.8, 4) is 11.8 Å². The van der Waals surface area contributed by atoms with Crippen LogP contribution in [-0.2, 0) is 16.1 Å². The van der Waals surface area contributed by atoms with Crippen LogP contribution in [0.3, 0.4) is 0 Å². The first-order valence-electron chi connectivity index (χ1n) is 8.80. The van der Waals surface area contributed by atoms with E-state index in [4.69, 9.17) is 9.47 Å². The minimum Gasteiger partial charge on any atom is -0.465 e. The molecule has 6 nitrogen and oxygen atoms in total. The van der Waals surface area contributed by atoms with Gasteiger partial charge in [-0.2, -0.15) is 0 Å². The van der Waals surface area contributed by atoms with Gasteiger partial charge in [0.2, 0.25) is 0 Å². The molecule has 6 heteroatoms. The Bertz CT molecular complexity index is 1030. The fourth-order valence-electron chi connectivity index (χ4n) is 2.68. The van der Waals surface area contributed by atoms with Crippen molar-refractivity contribution in [2.75, 3.05) is 13.7 Å². The zero-order valence-electron chi connectivity index (χ0n) is 15.5. The number of methoxy groups -OCH3 is 1. The van der Waals surface area contributed by atoms with Crippen molar-refractivity contribution in [2.24, 2.45) is 0 Å². The van der Waals surface area contributed by atoms with Gasteiger partial charge >= 0.3 is 12.1 Å². The summed E-state index contributed by atoms with van der Waals surface area (Å²) in [6.07, 6.45) is 1.74. The van der Waals surface area contributed by atoms with Gasteiger partial charge in [0.25, 0.3) is 0 Å². The molecular formula is C22H20N2O4. The minimum absolute atomic E-state index is 0.227. The number of aromatic nitrogens is 1. The maximum Gasteiger partial charge on any atom is 0.407 e. The molecule has 0 spiro atoms. The van der Waals surface area contributed by atoms with E-state index in [0.717, 1.165) is 16.5 Å². The number of hydrogen-bond acceptors (Lipinski definition) is 4. The van der Waals surface area contributed by atoms with Crippen LogP contribution in [0.5, 0.6) is 0 Å². The molecular weight excluding hydrogens is 356 g/mol. The smallest absolute Gasteiger partial charge is 0.407 e. The number of aromatic amines is 1. The number of carbonyl (C=O) groups excluding carboxylic acids is 2. The first kappa shape index (κ1) is 19.1. The van der Waals surface area contributed by atoms with Crippen LogP contribution in [0.4, 0.5) is 4.79 Å². The van der Waals surface area contributed by atoms with Gasteiger partial charge in [-0.1, -0.05) is 42.2 Å². The van der Waals surface area contributed by atoms with Gasteiger partial charge in [0.1, 0.15) is 6.61 Å². The van der Waals surface area contributed by atoms with Gasteiger partial charge in [-0.15, -0.1) is 0 Å². The molecule has 0 aliphatic carbocycles. The van der Waals surface area contributed by atoms with Gasteiger partial charge in [0.05, 0.1) is 12.7 Å². The third-order valence-electron chi connectivity index (χ3n) is 4.04. The summed E-state index contributed by atoms with van der Waals surface area (Å²) in [5.41, 5.74) is 2.91. The molecule has 0 aliphatic heterocycles. The highest BCUT2D eigenvalue weighted by atomic mass is 16.5. The highest BCUT2D eigenvalue weighted by Crippen LogP contribution is 2.20. The predicted molar refractivity (Wildman–Crippen MR) is 106 cm³/mol. The molecule has 1 amide bonds. The molecule has 0 atom stereocenters. The van der Waals surface area contributed by atoms with Crippen molar-refractivity contribution in [1.82, 2.24) is 10.3 Å². The van der Waals surface area contributed by atoms with E-state index >= 15 is 0 Å². The Morgan fingerprint density at radius 2 is 1.96 bits per heavy atom. The first-order chi connectivity index (χ1) is 13.7. The Balaban J connectivity index is 1.52. The molecule has 1 aromatic heterocycles. The Hall–Kier alpha value is -3.72. The van der Waals surface area contributed by atoms with Gasteiger partial charge in [0.15, 0.2) is 0 Å². The molecule has 0 radical (unpaired) electrons. The lowest BCUT2D eigenvalue weighted by Crippen LogP contribution is -2.24. The largest absolute Gasteiger partial charge is 0.465 e. The Morgan fingerprint density at radius 1 is 1.14 bits per heavy atom. The topological polar surface area (TPSA) is 80.4 Å². The van der Waals surface area contributed by atoms with Gasteiger partial charge < -0.3 is 19.8 Å². The number of amides is 1. The van der Waals surface area contributed by atoms with E-state index in [9.17, 15) is 9.59 Å². The molecule has 0 bridgehead atoms. The number of ether oxygens (including phenoxy) is 2. The maximum atomic E-state index is 11.9. The average molecular weight is 376 g/mol. The number of H-pyrrole nitrogens is 1. The molecule has 3 rings (SSSR count). The van der Waals surface area contributed by atoms with Crippen molar-refractivity contribution >= 4 is 23.0 Å². The van der Waals surface area contributed by atoms with Crippen molar-refractivity contribution in [2.45, 2.75) is 13.0 Å². The second-order valence-corrected chi connectivity index (χ2v) is 5.99. The third-order valence-corrected chi connectivity index (χ3v) is 4.04. The number of carbonyl (C=O) groups is 2. The number of hydrogen-bond donors (Lipinski definition) is 2. The van der Waals surface area contributed by atoms with Gasteiger partial charge in [-0.25, -0.2) is 9.59 Å². The summed E-state index contributed by atoms with van der Waals surface area (Å²) < 4.78 is 9.96. The normalized spacial score (nSPS) is 10.0. The fourth-order valence-corrected chi connectivity index (χ4v) is 2.68. The number of esters is 1. The van der Waals surface area contributed by atoms with E-state index in [1.165, 1.54) is 7.11 Å². The van der Waals surface area contributed by atoms with E-state index in [1.807, 2.05) is 42.5 Å². The predicted octanol–water partition coefficient (Wildman–Crippen LogP) is 3.62. The van der Waals surface area contributed by atoms with E-state index in [0.29, 0.717) is 24.1 Å². The summed E-state index contributed by atoms with van der Waals surface area (Å²) in [5, 5.41) is 3.45. The summed E-state index contributed by atoms with van der Waals surface area (Å²) >= 11 is 0. The first-order valence-corrected chi connectivity index (χ1v) is 8.80. The molecule has 0 saturated heterocycles. The number of fused-ring (bicyclic) bond motifs is 1. The SMILES string of the molecule is COC(=O)c1cc(C#CCCNC(=O)OCc2ccccc2)cc2[nH]ccc12. The fraction of sp³-hybridized carbons (Fsp3) is 0.182. The van der Waals surface area contributed by atoms with Crippen LogP contribution in [0.1, 0.15) is 27.9 Å². The van der Waals surface area contributed by atoms with Crippen LogP contribution >= 0.6 is 0 Å². The van der Waals surface area contributed by atoms with Crippen LogP contribution in [0, 0.1) is 11.8 Å². The van der Waals surface area contributed by atoms with Crippen molar-refractivity contribution in [1.29, 1.82) is 0 Å². The number of alkyl carbamates (subject to hydrolysis) is 1. The summed E-state index contributed by atoms with van der Waals surface area (Å²) in [6.45, 7) is 0.597. The molecule has 3 aromatic rings. The lowest BCUT2D eigenvalue weighted by molar-refractivity contribution is 0.0603. The zero-order chi connectivity index (χ0) is 19.8. The molecule has 2 aromatic carbocycles. The number of rotatable bonds is 5. The van der Waals surface area contributed by atoms with Crippen LogP contribution in [0.15, 0.2) is 54.7 Å². The lowest BCUT2D eigenvalue weighted by atomic mass is 10.1. The molecule has 28 heavy (non-hydrogen) atoms. The van der Waals surface area contributed by atoms with Gasteiger partial charge in [-0.3, -0.25) is 0 Å². The molecule has 0 unspecified atom stereocenters. The Morgan fingerprint density at radius 3 is 2.75 bits per heavy atom. The van der Waals surface area contributed by atoms with Gasteiger partial charge in [0, 0.05) is 35.6 Å². The lowest BCUT2D eigenvalue weighted by Gasteiger charge is -2.05. The standard InChI is InChI=1S/C22H20N2O4/c1-27-21(25)19-13-17(14-20-18(19)10-12-23-20)9-5-6-11-24-22(26)28-15-16-7-3-2-4-8-16/h2-4,7-8,10,12-14,23H,6,11,15H2,1H3,(H,24,26). The van der Waals surface area contributed by atoms with Crippen molar-refractivity contribution in [3.05, 3.63) is 71.4 Å². The molecule has 0 fully saturated rings. The van der Waals surface area contributed by atoms with Crippen LogP contribution < -0.4 is 5.32 Å². The molecule has 2 N–H and O–H groups in total. The van der Waals surface area contributed by atoms with Crippen LogP contribution in [0.2, 0.25) is 0 Å².